The van der Waals surface area contributed by atoms with E-state index < -0.39 is 27.0 Å². The van der Waals surface area contributed by atoms with Crippen LogP contribution in [0.25, 0.3) is 0 Å². The second-order valence-electron chi connectivity index (χ2n) is 9.82. The second kappa shape index (κ2) is 10.6. The van der Waals surface area contributed by atoms with Crippen molar-refractivity contribution in [2.45, 2.75) is 54.3 Å². The molecule has 0 amide bonds. The van der Waals surface area contributed by atoms with Crippen LogP contribution in [0.5, 0.6) is 0 Å². The Morgan fingerprint density at radius 2 is 1.84 bits per heavy atom. The molecule has 9 heteroatoms. The van der Waals surface area contributed by atoms with E-state index >= 15 is 0 Å². The molecule has 37 heavy (non-hydrogen) atoms. The average molecular weight is 558 g/mol. The second-order valence-corrected chi connectivity index (χ2v) is 13.3. The number of esters is 1. The van der Waals surface area contributed by atoms with E-state index in [0.717, 1.165) is 4.90 Å². The molecule has 0 saturated heterocycles. The minimum Gasteiger partial charge on any atom is -0.452 e. The summed E-state index contributed by atoms with van der Waals surface area (Å²) in [5, 5.41) is 11.9. The molecule has 0 saturated carbocycles. The summed E-state index contributed by atoms with van der Waals surface area (Å²) in [6.45, 7) is 5.08. The van der Waals surface area contributed by atoms with Crippen LogP contribution in [0.1, 0.15) is 50.1 Å². The van der Waals surface area contributed by atoms with E-state index in [1.54, 1.807) is 69.3 Å². The van der Waals surface area contributed by atoms with Crippen LogP contribution in [0.2, 0.25) is 5.02 Å². The summed E-state index contributed by atoms with van der Waals surface area (Å²) in [6, 6.07) is 17.1. The van der Waals surface area contributed by atoms with E-state index in [4.69, 9.17) is 16.3 Å². The Bertz CT molecular complexity index is 1450. The molecular formula is C28H28ClNO5S2. The van der Waals surface area contributed by atoms with Gasteiger partial charge in [0, 0.05) is 21.7 Å². The zero-order valence-electron chi connectivity index (χ0n) is 20.8. The standard InChI is InChI=1S/C28H28ClNO5S2/c1-27(2,3)26(31)35-19-7-16-28(32)17-14-24(36-21-12-10-20(29)11-13-21)25-23(28)15-18-30(25)37(33,34)22-8-5-4-6-9-22/h4-6,8-13,15,18,24,32H,14,17,19H2,1-3H3. The van der Waals surface area contributed by atoms with Gasteiger partial charge in [-0.05, 0) is 76.1 Å². The zero-order valence-corrected chi connectivity index (χ0v) is 23.2. The minimum atomic E-state index is -3.92. The van der Waals surface area contributed by atoms with Crippen LogP contribution in [0.4, 0.5) is 0 Å². The third-order valence-electron chi connectivity index (χ3n) is 5.98. The fourth-order valence-corrected chi connectivity index (χ4v) is 6.88. The quantitative estimate of drug-likeness (QED) is 0.316. The van der Waals surface area contributed by atoms with Crippen molar-refractivity contribution in [1.82, 2.24) is 3.97 Å². The largest absolute Gasteiger partial charge is 0.452 e. The van der Waals surface area contributed by atoms with Gasteiger partial charge in [-0.15, -0.1) is 11.8 Å². The van der Waals surface area contributed by atoms with Gasteiger partial charge in [0.05, 0.1) is 21.3 Å². The molecular weight excluding hydrogens is 530 g/mol. The zero-order chi connectivity index (χ0) is 26.8. The number of halogens is 1. The van der Waals surface area contributed by atoms with Gasteiger partial charge in [-0.25, -0.2) is 12.4 Å². The summed E-state index contributed by atoms with van der Waals surface area (Å²) >= 11 is 7.55. The van der Waals surface area contributed by atoms with Crippen molar-refractivity contribution in [3.8, 4) is 11.8 Å². The first kappa shape index (κ1) is 27.3. The molecule has 1 aliphatic rings. The van der Waals surface area contributed by atoms with E-state index in [2.05, 4.69) is 11.8 Å². The Labute approximate surface area is 227 Å². The lowest BCUT2D eigenvalue weighted by molar-refractivity contribution is -0.151. The van der Waals surface area contributed by atoms with Crippen molar-refractivity contribution in [1.29, 1.82) is 0 Å². The maximum absolute atomic E-state index is 13.6. The first-order valence-corrected chi connectivity index (χ1v) is 14.5. The molecule has 1 aromatic heterocycles. The lowest BCUT2D eigenvalue weighted by atomic mass is 9.83. The van der Waals surface area contributed by atoms with Crippen LogP contribution in [-0.4, -0.2) is 30.1 Å². The van der Waals surface area contributed by atoms with Crippen molar-refractivity contribution in [2.24, 2.45) is 5.41 Å². The van der Waals surface area contributed by atoms with Gasteiger partial charge in [-0.2, -0.15) is 0 Å². The first-order valence-electron chi connectivity index (χ1n) is 11.8. The van der Waals surface area contributed by atoms with Crippen molar-refractivity contribution < 1.29 is 23.1 Å². The fourth-order valence-electron chi connectivity index (χ4n) is 4.04. The van der Waals surface area contributed by atoms with Gasteiger partial charge in [-0.3, -0.25) is 4.79 Å². The number of hydrogen-bond donors (Lipinski definition) is 1. The molecule has 6 nitrogen and oxygen atoms in total. The minimum absolute atomic E-state index is 0.151. The monoisotopic (exact) mass is 557 g/mol. The lowest BCUT2D eigenvalue weighted by Gasteiger charge is -2.33. The average Bonchev–Trinajstić information content (AvgIpc) is 3.33. The van der Waals surface area contributed by atoms with E-state index in [1.165, 1.54) is 21.9 Å². The summed E-state index contributed by atoms with van der Waals surface area (Å²) in [5.41, 5.74) is -1.35. The number of carbonyl (C=O) groups excluding carboxylic acids is 1. The van der Waals surface area contributed by atoms with E-state index in [0.29, 0.717) is 29.1 Å². The highest BCUT2D eigenvalue weighted by Gasteiger charge is 2.41. The number of ether oxygens (including phenoxy) is 1. The highest BCUT2D eigenvalue weighted by molar-refractivity contribution is 7.99. The lowest BCUT2D eigenvalue weighted by Crippen LogP contribution is -2.31. The Morgan fingerprint density at radius 3 is 2.49 bits per heavy atom. The molecule has 0 radical (unpaired) electrons. The number of hydrogen-bond acceptors (Lipinski definition) is 6. The molecule has 4 rings (SSSR count). The predicted octanol–water partition coefficient (Wildman–Crippen LogP) is 5.79. The Balaban J connectivity index is 1.73. The van der Waals surface area contributed by atoms with Gasteiger partial charge in [0.15, 0.2) is 12.2 Å². The van der Waals surface area contributed by atoms with Gasteiger partial charge >= 0.3 is 5.97 Å². The first-order chi connectivity index (χ1) is 17.4. The maximum Gasteiger partial charge on any atom is 0.312 e. The number of benzene rings is 2. The van der Waals surface area contributed by atoms with Gasteiger partial charge in [0.2, 0.25) is 0 Å². The van der Waals surface area contributed by atoms with E-state index in [1.807, 2.05) is 12.1 Å². The molecule has 0 spiro atoms. The molecule has 1 aliphatic carbocycles. The van der Waals surface area contributed by atoms with Crippen molar-refractivity contribution in [2.75, 3.05) is 6.61 Å². The van der Waals surface area contributed by atoms with Crippen molar-refractivity contribution in [3.63, 3.8) is 0 Å². The molecule has 2 aromatic carbocycles. The molecule has 0 fully saturated rings. The summed E-state index contributed by atoms with van der Waals surface area (Å²) in [4.78, 5) is 13.1. The molecule has 194 valence electrons. The summed E-state index contributed by atoms with van der Waals surface area (Å²) < 4.78 is 33.7. The third-order valence-corrected chi connectivity index (χ3v) is 9.23. The number of thioether (sulfide) groups is 1. The molecule has 2 unspecified atom stereocenters. The molecule has 1 N–H and O–H groups in total. The van der Waals surface area contributed by atoms with Crippen LogP contribution in [0.15, 0.2) is 76.7 Å². The Hall–Kier alpha value is -2.70. The number of fused-ring (bicyclic) bond motifs is 1. The van der Waals surface area contributed by atoms with Gasteiger partial charge in [0.1, 0.15) is 0 Å². The number of aromatic nitrogens is 1. The highest BCUT2D eigenvalue weighted by atomic mass is 35.5. The van der Waals surface area contributed by atoms with Crippen LogP contribution in [-0.2, 0) is 25.2 Å². The Morgan fingerprint density at radius 1 is 1.16 bits per heavy atom. The number of aliphatic hydroxyl groups is 1. The molecule has 3 aromatic rings. The van der Waals surface area contributed by atoms with Crippen molar-refractivity contribution in [3.05, 3.63) is 83.1 Å². The summed E-state index contributed by atoms with van der Waals surface area (Å²) in [7, 11) is -3.92. The normalized spacial score (nSPS) is 19.4. The highest BCUT2D eigenvalue weighted by Crippen LogP contribution is 2.49. The molecule has 1 heterocycles. The van der Waals surface area contributed by atoms with Crippen LogP contribution in [0, 0.1) is 17.3 Å². The van der Waals surface area contributed by atoms with Gasteiger partial charge in [-0.1, -0.05) is 41.6 Å². The van der Waals surface area contributed by atoms with Gasteiger partial charge < -0.3 is 9.84 Å². The Kier molecular flexibility index (Phi) is 7.82. The molecule has 0 bridgehead atoms. The molecule has 0 aliphatic heterocycles. The predicted molar refractivity (Wildman–Crippen MR) is 145 cm³/mol. The smallest absolute Gasteiger partial charge is 0.312 e. The van der Waals surface area contributed by atoms with Crippen LogP contribution >= 0.6 is 23.4 Å². The van der Waals surface area contributed by atoms with Gasteiger partial charge in [0.25, 0.3) is 10.0 Å². The number of nitrogens with zero attached hydrogens (tertiary/aromatic N) is 1. The summed E-state index contributed by atoms with van der Waals surface area (Å²) in [6.07, 6.45) is 2.24. The van der Waals surface area contributed by atoms with E-state index in [9.17, 15) is 18.3 Å². The maximum atomic E-state index is 13.6. The third kappa shape index (κ3) is 5.91. The fraction of sp³-hybridized carbons (Fsp3) is 0.321. The van der Waals surface area contributed by atoms with Crippen LogP contribution < -0.4 is 0 Å². The van der Waals surface area contributed by atoms with Crippen LogP contribution in [0.3, 0.4) is 0 Å². The number of carbonyl (C=O) groups is 1. The SMILES string of the molecule is CC(C)(C)C(=O)OCC#CC1(O)CCC(Sc2ccc(Cl)cc2)c2c1ccn2S(=O)(=O)c1ccccc1. The number of rotatable bonds is 5. The summed E-state index contributed by atoms with van der Waals surface area (Å²) in [5.74, 6) is 5.23. The van der Waals surface area contributed by atoms with Crippen molar-refractivity contribution >= 4 is 39.4 Å². The van der Waals surface area contributed by atoms with E-state index in [-0.39, 0.29) is 16.8 Å². The topological polar surface area (TPSA) is 85.6 Å². The molecule has 2 atom stereocenters.